The predicted molar refractivity (Wildman–Crippen MR) is 80.6 cm³/mol. The fourth-order valence-corrected chi connectivity index (χ4v) is 2.13. The van der Waals surface area contributed by atoms with Gasteiger partial charge < -0.3 is 10.4 Å². The Balaban J connectivity index is 1.96. The molecular weight excluding hydrogens is 269 g/mol. The van der Waals surface area contributed by atoms with E-state index in [0.717, 1.165) is 12.0 Å². The van der Waals surface area contributed by atoms with E-state index in [4.69, 9.17) is 5.11 Å². The fraction of sp³-hybridized carbons (Fsp3) is 0.235. The van der Waals surface area contributed by atoms with Gasteiger partial charge in [-0.3, -0.25) is 4.79 Å². The second kappa shape index (κ2) is 7.55. The van der Waals surface area contributed by atoms with Crippen LogP contribution in [0, 0.1) is 5.82 Å². The molecule has 21 heavy (non-hydrogen) atoms. The third-order valence-electron chi connectivity index (χ3n) is 3.09. The van der Waals surface area contributed by atoms with Gasteiger partial charge in [0, 0.05) is 12.3 Å². The number of aliphatic hydroxyl groups excluding tert-OH is 1. The largest absolute Gasteiger partial charge is 0.396 e. The van der Waals surface area contributed by atoms with Crippen molar-refractivity contribution in [3.63, 3.8) is 0 Å². The van der Waals surface area contributed by atoms with Crippen LogP contribution in [0.15, 0.2) is 48.5 Å². The van der Waals surface area contributed by atoms with Crippen LogP contribution in [0.25, 0.3) is 0 Å². The number of anilines is 1. The number of rotatable bonds is 6. The maximum absolute atomic E-state index is 13.1. The number of aryl methyl sites for hydroxylation is 1. The molecule has 0 heterocycles. The van der Waals surface area contributed by atoms with Gasteiger partial charge in [0.05, 0.1) is 6.42 Å². The van der Waals surface area contributed by atoms with Gasteiger partial charge in [0.15, 0.2) is 0 Å². The number of aliphatic hydroxyl groups is 1. The topological polar surface area (TPSA) is 49.3 Å². The van der Waals surface area contributed by atoms with E-state index in [0.29, 0.717) is 17.7 Å². The highest BCUT2D eigenvalue weighted by molar-refractivity contribution is 5.92. The Morgan fingerprint density at radius 3 is 2.62 bits per heavy atom. The molecule has 0 spiro atoms. The first-order chi connectivity index (χ1) is 10.2. The second-order valence-corrected chi connectivity index (χ2v) is 4.88. The average molecular weight is 287 g/mol. The quantitative estimate of drug-likeness (QED) is 0.858. The first-order valence-corrected chi connectivity index (χ1v) is 6.91. The minimum Gasteiger partial charge on any atom is -0.396 e. The molecule has 2 aromatic carbocycles. The summed E-state index contributed by atoms with van der Waals surface area (Å²) in [5, 5.41) is 11.6. The SMILES string of the molecule is O=C(Cc1cccc(F)c1)Nc1cccc(CCCO)c1. The number of benzene rings is 2. The Morgan fingerprint density at radius 1 is 1.10 bits per heavy atom. The van der Waals surface area contributed by atoms with Gasteiger partial charge >= 0.3 is 0 Å². The van der Waals surface area contributed by atoms with E-state index in [1.807, 2.05) is 24.3 Å². The zero-order valence-electron chi connectivity index (χ0n) is 11.7. The van der Waals surface area contributed by atoms with Gasteiger partial charge in [0.1, 0.15) is 5.82 Å². The molecule has 0 atom stereocenters. The third kappa shape index (κ3) is 5.00. The normalized spacial score (nSPS) is 10.4. The summed E-state index contributed by atoms with van der Waals surface area (Å²) in [7, 11) is 0. The first-order valence-electron chi connectivity index (χ1n) is 6.91. The van der Waals surface area contributed by atoms with Crippen molar-refractivity contribution in [2.75, 3.05) is 11.9 Å². The lowest BCUT2D eigenvalue weighted by atomic mass is 10.1. The van der Waals surface area contributed by atoms with E-state index in [-0.39, 0.29) is 24.8 Å². The summed E-state index contributed by atoms with van der Waals surface area (Å²) in [6.07, 6.45) is 1.60. The second-order valence-electron chi connectivity index (χ2n) is 4.88. The lowest BCUT2D eigenvalue weighted by Gasteiger charge is -2.07. The molecule has 2 N–H and O–H groups in total. The molecule has 0 aliphatic rings. The molecule has 0 bridgehead atoms. The van der Waals surface area contributed by atoms with Crippen molar-refractivity contribution in [2.24, 2.45) is 0 Å². The average Bonchev–Trinajstić information content (AvgIpc) is 2.45. The van der Waals surface area contributed by atoms with Crippen LogP contribution in [0.1, 0.15) is 17.5 Å². The van der Waals surface area contributed by atoms with Crippen LogP contribution < -0.4 is 5.32 Å². The van der Waals surface area contributed by atoms with E-state index in [9.17, 15) is 9.18 Å². The van der Waals surface area contributed by atoms with Gasteiger partial charge in [0.25, 0.3) is 0 Å². The van der Waals surface area contributed by atoms with Crippen molar-refractivity contribution >= 4 is 11.6 Å². The van der Waals surface area contributed by atoms with Gasteiger partial charge in [-0.15, -0.1) is 0 Å². The molecule has 0 fully saturated rings. The molecule has 1 amide bonds. The summed E-state index contributed by atoms with van der Waals surface area (Å²) >= 11 is 0. The zero-order valence-corrected chi connectivity index (χ0v) is 11.7. The van der Waals surface area contributed by atoms with Crippen LogP contribution in [-0.2, 0) is 17.6 Å². The Kier molecular flexibility index (Phi) is 5.46. The summed E-state index contributed by atoms with van der Waals surface area (Å²) in [6.45, 7) is 0.149. The number of nitrogens with one attached hydrogen (secondary N) is 1. The number of carbonyl (C=O) groups is 1. The lowest BCUT2D eigenvalue weighted by molar-refractivity contribution is -0.115. The number of halogens is 1. The van der Waals surface area contributed by atoms with Crippen LogP contribution in [-0.4, -0.2) is 17.6 Å². The van der Waals surface area contributed by atoms with Gasteiger partial charge in [-0.1, -0.05) is 24.3 Å². The monoisotopic (exact) mass is 287 g/mol. The van der Waals surface area contributed by atoms with Crippen molar-refractivity contribution < 1.29 is 14.3 Å². The maximum atomic E-state index is 13.1. The van der Waals surface area contributed by atoms with E-state index in [1.54, 1.807) is 12.1 Å². The van der Waals surface area contributed by atoms with Crippen LogP contribution in [0.5, 0.6) is 0 Å². The Morgan fingerprint density at radius 2 is 1.86 bits per heavy atom. The molecule has 0 saturated carbocycles. The minimum absolute atomic E-state index is 0.138. The smallest absolute Gasteiger partial charge is 0.228 e. The van der Waals surface area contributed by atoms with Crippen LogP contribution in [0.2, 0.25) is 0 Å². The zero-order chi connectivity index (χ0) is 15.1. The summed E-state index contributed by atoms with van der Waals surface area (Å²) in [4.78, 5) is 11.9. The molecule has 2 aromatic rings. The highest BCUT2D eigenvalue weighted by Gasteiger charge is 2.05. The Hall–Kier alpha value is -2.20. The molecule has 0 saturated heterocycles. The van der Waals surface area contributed by atoms with Crippen molar-refractivity contribution in [2.45, 2.75) is 19.3 Å². The number of hydrogen-bond donors (Lipinski definition) is 2. The molecular formula is C17H18FNO2. The molecule has 4 heteroatoms. The van der Waals surface area contributed by atoms with Gasteiger partial charge in [-0.05, 0) is 48.2 Å². The molecule has 0 unspecified atom stereocenters. The summed E-state index contributed by atoms with van der Waals surface area (Å²) in [5.41, 5.74) is 2.42. The molecule has 0 aliphatic heterocycles. The summed E-state index contributed by atoms with van der Waals surface area (Å²) in [6, 6.07) is 13.5. The van der Waals surface area contributed by atoms with E-state index < -0.39 is 0 Å². The maximum Gasteiger partial charge on any atom is 0.228 e. The fourth-order valence-electron chi connectivity index (χ4n) is 2.13. The standard InChI is InChI=1S/C17H18FNO2/c18-15-7-1-5-14(10-15)12-17(21)19-16-8-2-4-13(11-16)6-3-9-20/h1-2,4-5,7-8,10-11,20H,3,6,9,12H2,(H,19,21). The van der Waals surface area contributed by atoms with Gasteiger partial charge in [-0.25, -0.2) is 4.39 Å². The lowest BCUT2D eigenvalue weighted by Crippen LogP contribution is -2.14. The predicted octanol–water partition coefficient (Wildman–Crippen LogP) is 2.93. The first kappa shape index (κ1) is 15.2. The van der Waals surface area contributed by atoms with Crippen LogP contribution in [0.4, 0.5) is 10.1 Å². The van der Waals surface area contributed by atoms with Crippen LogP contribution >= 0.6 is 0 Å². The van der Waals surface area contributed by atoms with Gasteiger partial charge in [-0.2, -0.15) is 0 Å². The Bertz CT molecular complexity index is 613. The van der Waals surface area contributed by atoms with E-state index in [1.165, 1.54) is 12.1 Å². The number of hydrogen-bond acceptors (Lipinski definition) is 2. The van der Waals surface area contributed by atoms with E-state index in [2.05, 4.69) is 5.32 Å². The van der Waals surface area contributed by atoms with Crippen molar-refractivity contribution in [1.82, 2.24) is 0 Å². The minimum atomic E-state index is -0.341. The molecule has 3 nitrogen and oxygen atoms in total. The highest BCUT2D eigenvalue weighted by Crippen LogP contribution is 2.13. The molecule has 0 radical (unpaired) electrons. The number of carbonyl (C=O) groups excluding carboxylic acids is 1. The summed E-state index contributed by atoms with van der Waals surface area (Å²) < 4.78 is 13.1. The highest BCUT2D eigenvalue weighted by atomic mass is 19.1. The van der Waals surface area contributed by atoms with Crippen molar-refractivity contribution in [3.05, 3.63) is 65.5 Å². The Labute approximate surface area is 123 Å². The third-order valence-corrected chi connectivity index (χ3v) is 3.09. The van der Waals surface area contributed by atoms with E-state index >= 15 is 0 Å². The number of amides is 1. The molecule has 2 rings (SSSR count). The van der Waals surface area contributed by atoms with Crippen molar-refractivity contribution in [3.8, 4) is 0 Å². The van der Waals surface area contributed by atoms with Crippen molar-refractivity contribution in [1.29, 1.82) is 0 Å². The van der Waals surface area contributed by atoms with Crippen LogP contribution in [0.3, 0.4) is 0 Å². The van der Waals surface area contributed by atoms with Gasteiger partial charge in [0.2, 0.25) is 5.91 Å². The summed E-state index contributed by atoms with van der Waals surface area (Å²) in [5.74, 6) is -0.522. The molecule has 0 aliphatic carbocycles. The molecule has 110 valence electrons. The molecule has 0 aromatic heterocycles.